The summed E-state index contributed by atoms with van der Waals surface area (Å²) in [7, 11) is 0. The van der Waals surface area contributed by atoms with Crippen LogP contribution in [0.3, 0.4) is 0 Å². The molecule has 0 atom stereocenters. The molecule has 1 aliphatic rings. The van der Waals surface area contributed by atoms with Gasteiger partial charge in [-0.15, -0.1) is 0 Å². The molecule has 1 fully saturated rings. The molecule has 0 heterocycles. The van der Waals surface area contributed by atoms with Crippen LogP contribution in [0.25, 0.3) is 0 Å². The summed E-state index contributed by atoms with van der Waals surface area (Å²) >= 11 is 0. The first kappa shape index (κ1) is 12.9. The Morgan fingerprint density at radius 2 is 1.94 bits per heavy atom. The molecule has 1 saturated carbocycles. The van der Waals surface area contributed by atoms with E-state index in [1.54, 1.807) is 0 Å². The van der Waals surface area contributed by atoms with Gasteiger partial charge in [0.25, 0.3) is 0 Å². The molecule has 0 amide bonds. The van der Waals surface area contributed by atoms with Gasteiger partial charge in [-0.05, 0) is 29.5 Å². The van der Waals surface area contributed by atoms with Gasteiger partial charge in [0.05, 0.1) is 0 Å². The Hall–Kier alpha value is -1.51. The first-order valence-corrected chi connectivity index (χ1v) is 6.28. The Balaban J connectivity index is 2.24. The molecular weight excluding hydrogens is 228 g/mol. The van der Waals surface area contributed by atoms with E-state index in [-0.39, 0.29) is 5.41 Å². The highest BCUT2D eigenvalue weighted by Gasteiger charge is 2.53. The molecule has 0 aromatic heterocycles. The summed E-state index contributed by atoms with van der Waals surface area (Å²) < 4.78 is 5.67. The van der Waals surface area contributed by atoms with Crippen molar-refractivity contribution in [3.63, 3.8) is 0 Å². The predicted molar refractivity (Wildman–Crippen MR) is 70.1 cm³/mol. The number of hydrogen-bond donors (Lipinski definition) is 1. The summed E-state index contributed by atoms with van der Waals surface area (Å²) in [5, 5.41) is 9.11. The molecule has 2 rings (SSSR count). The lowest BCUT2D eigenvalue weighted by Gasteiger charge is -2.21. The van der Waals surface area contributed by atoms with Gasteiger partial charge in [-0.25, -0.2) is 4.79 Å². The van der Waals surface area contributed by atoms with Crippen molar-refractivity contribution in [1.29, 1.82) is 0 Å². The molecule has 0 radical (unpaired) electrons. The number of rotatable bonds is 3. The van der Waals surface area contributed by atoms with Crippen LogP contribution in [-0.4, -0.2) is 16.7 Å². The van der Waals surface area contributed by atoms with Gasteiger partial charge in [0.15, 0.2) is 0 Å². The number of hydrogen-bond acceptors (Lipinski definition) is 2. The Labute approximate surface area is 108 Å². The highest BCUT2D eigenvalue weighted by molar-refractivity contribution is 5.81. The van der Waals surface area contributed by atoms with Gasteiger partial charge < -0.3 is 9.84 Å². The Morgan fingerprint density at radius 1 is 1.33 bits per heavy atom. The maximum absolute atomic E-state index is 11.1. The monoisotopic (exact) mass is 248 g/mol. The van der Waals surface area contributed by atoms with E-state index >= 15 is 0 Å². The fourth-order valence-corrected chi connectivity index (χ4v) is 1.91. The number of carboxylic acid groups (broad SMARTS) is 1. The van der Waals surface area contributed by atoms with Crippen LogP contribution in [0, 0.1) is 6.92 Å². The maximum atomic E-state index is 11.1. The molecular formula is C15H20O3. The van der Waals surface area contributed by atoms with Crippen LogP contribution >= 0.6 is 0 Å². The van der Waals surface area contributed by atoms with Gasteiger partial charge in [0, 0.05) is 12.8 Å². The molecule has 1 N–H and O–H groups in total. The van der Waals surface area contributed by atoms with Gasteiger partial charge in [-0.3, -0.25) is 0 Å². The van der Waals surface area contributed by atoms with Gasteiger partial charge in [0.2, 0.25) is 5.60 Å². The van der Waals surface area contributed by atoms with E-state index in [1.165, 1.54) is 5.56 Å². The molecule has 0 unspecified atom stereocenters. The quantitative estimate of drug-likeness (QED) is 0.892. The molecule has 0 saturated heterocycles. The second-order valence-corrected chi connectivity index (χ2v) is 6.13. The third-order valence-electron chi connectivity index (χ3n) is 3.44. The van der Waals surface area contributed by atoms with Gasteiger partial charge in [-0.1, -0.05) is 32.9 Å². The van der Waals surface area contributed by atoms with Crippen LogP contribution in [0.4, 0.5) is 0 Å². The molecule has 1 aromatic rings. The van der Waals surface area contributed by atoms with E-state index in [1.807, 2.05) is 19.1 Å². The molecule has 3 heteroatoms. The zero-order chi connectivity index (χ0) is 13.6. The Bertz CT molecular complexity index is 479. The Kier molecular flexibility index (Phi) is 2.88. The van der Waals surface area contributed by atoms with Crippen molar-refractivity contribution >= 4 is 5.97 Å². The topological polar surface area (TPSA) is 46.5 Å². The van der Waals surface area contributed by atoms with Crippen LogP contribution in [-0.2, 0) is 10.2 Å². The second-order valence-electron chi connectivity index (χ2n) is 6.13. The minimum Gasteiger partial charge on any atom is -0.478 e. The maximum Gasteiger partial charge on any atom is 0.348 e. The predicted octanol–water partition coefficient (Wildman–Crippen LogP) is 3.29. The highest BCUT2D eigenvalue weighted by Crippen LogP contribution is 2.41. The van der Waals surface area contributed by atoms with Crippen molar-refractivity contribution in [2.24, 2.45) is 0 Å². The molecule has 1 aromatic carbocycles. The van der Waals surface area contributed by atoms with Gasteiger partial charge in [-0.2, -0.15) is 0 Å². The van der Waals surface area contributed by atoms with Crippen molar-refractivity contribution in [2.75, 3.05) is 0 Å². The second kappa shape index (κ2) is 4.01. The molecule has 1 aliphatic carbocycles. The average molecular weight is 248 g/mol. The van der Waals surface area contributed by atoms with E-state index in [0.717, 1.165) is 5.56 Å². The van der Waals surface area contributed by atoms with Crippen LogP contribution in [0.1, 0.15) is 44.7 Å². The number of carboxylic acids is 1. The third-order valence-corrected chi connectivity index (χ3v) is 3.44. The minimum absolute atomic E-state index is 0.0906. The zero-order valence-electron chi connectivity index (χ0n) is 11.4. The largest absolute Gasteiger partial charge is 0.478 e. The van der Waals surface area contributed by atoms with Crippen LogP contribution in [0.5, 0.6) is 5.75 Å². The molecule has 0 aliphatic heterocycles. The molecule has 18 heavy (non-hydrogen) atoms. The van der Waals surface area contributed by atoms with E-state index in [0.29, 0.717) is 18.6 Å². The van der Waals surface area contributed by atoms with E-state index in [2.05, 4.69) is 26.8 Å². The SMILES string of the molecule is Cc1cc(C(C)(C)C)ccc1OC1(C(=O)O)CC1. The first-order valence-electron chi connectivity index (χ1n) is 6.28. The van der Waals surface area contributed by atoms with Crippen molar-refractivity contribution in [1.82, 2.24) is 0 Å². The number of carbonyl (C=O) groups is 1. The third kappa shape index (κ3) is 2.35. The Morgan fingerprint density at radius 3 is 2.33 bits per heavy atom. The smallest absolute Gasteiger partial charge is 0.348 e. The van der Waals surface area contributed by atoms with E-state index in [4.69, 9.17) is 9.84 Å². The fraction of sp³-hybridized carbons (Fsp3) is 0.533. The number of benzene rings is 1. The molecule has 3 nitrogen and oxygen atoms in total. The van der Waals surface area contributed by atoms with Crippen LogP contribution in [0.15, 0.2) is 18.2 Å². The first-order chi connectivity index (χ1) is 8.24. The summed E-state index contributed by atoms with van der Waals surface area (Å²) in [6.07, 6.45) is 1.20. The van der Waals surface area contributed by atoms with Crippen molar-refractivity contribution in [2.45, 2.75) is 51.6 Å². The summed E-state index contributed by atoms with van der Waals surface area (Å²) in [4.78, 5) is 11.1. The summed E-state index contributed by atoms with van der Waals surface area (Å²) in [5.74, 6) is -0.176. The van der Waals surface area contributed by atoms with Crippen molar-refractivity contribution in [3.05, 3.63) is 29.3 Å². The normalized spacial score (nSPS) is 17.3. The molecule has 98 valence electrons. The average Bonchev–Trinajstić information content (AvgIpc) is 3.00. The van der Waals surface area contributed by atoms with Crippen molar-refractivity contribution in [3.8, 4) is 5.75 Å². The van der Waals surface area contributed by atoms with E-state index < -0.39 is 11.6 Å². The van der Waals surface area contributed by atoms with Crippen LogP contribution in [0.2, 0.25) is 0 Å². The number of aliphatic carboxylic acids is 1. The standard InChI is InChI=1S/C15H20O3/c1-10-9-11(14(2,3)4)5-6-12(10)18-15(7-8-15)13(16)17/h5-6,9H,7-8H2,1-4H3,(H,16,17). The summed E-state index contributed by atoms with van der Waals surface area (Å²) in [5.41, 5.74) is 1.35. The molecule has 0 spiro atoms. The minimum atomic E-state index is -0.964. The van der Waals surface area contributed by atoms with Crippen LogP contribution < -0.4 is 4.74 Å². The number of ether oxygens (including phenoxy) is 1. The lowest BCUT2D eigenvalue weighted by atomic mass is 9.86. The molecule has 0 bridgehead atoms. The summed E-state index contributed by atoms with van der Waals surface area (Å²) in [6, 6.07) is 5.98. The fourth-order valence-electron chi connectivity index (χ4n) is 1.91. The van der Waals surface area contributed by atoms with Crippen molar-refractivity contribution < 1.29 is 14.6 Å². The van der Waals surface area contributed by atoms with E-state index in [9.17, 15) is 4.79 Å². The highest BCUT2D eigenvalue weighted by atomic mass is 16.5. The van der Waals surface area contributed by atoms with Gasteiger partial charge in [0.1, 0.15) is 5.75 Å². The lowest BCUT2D eigenvalue weighted by Crippen LogP contribution is -2.29. The summed E-state index contributed by atoms with van der Waals surface area (Å²) in [6.45, 7) is 8.42. The lowest BCUT2D eigenvalue weighted by molar-refractivity contribution is -0.147. The van der Waals surface area contributed by atoms with Gasteiger partial charge >= 0.3 is 5.97 Å². The number of aryl methyl sites for hydroxylation is 1. The zero-order valence-corrected chi connectivity index (χ0v) is 11.4.